The van der Waals surface area contributed by atoms with Crippen molar-refractivity contribution >= 4 is 5.91 Å². The van der Waals surface area contributed by atoms with Crippen LogP contribution in [0.3, 0.4) is 0 Å². The Balaban J connectivity index is 1.60. The van der Waals surface area contributed by atoms with E-state index in [4.69, 9.17) is 0 Å². The number of benzene rings is 2. The summed E-state index contributed by atoms with van der Waals surface area (Å²) in [5.41, 5.74) is 1.80. The number of hydrogen-bond acceptors (Lipinski definition) is 1. The van der Waals surface area contributed by atoms with Crippen LogP contribution in [0.1, 0.15) is 30.4 Å². The Morgan fingerprint density at radius 2 is 1.73 bits per heavy atom. The van der Waals surface area contributed by atoms with Crippen molar-refractivity contribution in [2.75, 3.05) is 6.54 Å². The number of rotatable bonds is 5. The molecule has 0 heterocycles. The Labute approximate surface area is 130 Å². The smallest absolute Gasteiger partial charge is 0.230 e. The zero-order valence-corrected chi connectivity index (χ0v) is 12.5. The Bertz CT molecular complexity index is 632. The highest BCUT2D eigenvalue weighted by molar-refractivity contribution is 5.89. The molecule has 0 saturated heterocycles. The van der Waals surface area contributed by atoms with Crippen LogP contribution in [0, 0.1) is 5.82 Å². The van der Waals surface area contributed by atoms with Crippen LogP contribution < -0.4 is 5.32 Å². The van der Waals surface area contributed by atoms with Gasteiger partial charge in [-0.3, -0.25) is 4.79 Å². The van der Waals surface area contributed by atoms with Crippen LogP contribution in [0.2, 0.25) is 0 Å². The Morgan fingerprint density at radius 1 is 1.05 bits per heavy atom. The van der Waals surface area contributed by atoms with Crippen molar-refractivity contribution in [2.24, 2.45) is 0 Å². The summed E-state index contributed by atoms with van der Waals surface area (Å²) >= 11 is 0. The van der Waals surface area contributed by atoms with Crippen molar-refractivity contribution < 1.29 is 9.18 Å². The molecule has 2 aromatic rings. The minimum atomic E-state index is -0.343. The molecule has 114 valence electrons. The van der Waals surface area contributed by atoms with E-state index in [1.165, 1.54) is 12.1 Å². The lowest BCUT2D eigenvalue weighted by Gasteiger charge is -2.40. The van der Waals surface area contributed by atoms with E-state index in [0.717, 1.165) is 36.8 Å². The summed E-state index contributed by atoms with van der Waals surface area (Å²) in [6.45, 7) is 0.582. The maximum atomic E-state index is 12.9. The van der Waals surface area contributed by atoms with Gasteiger partial charge in [0.1, 0.15) is 5.82 Å². The van der Waals surface area contributed by atoms with Gasteiger partial charge in [-0.25, -0.2) is 4.39 Å². The molecule has 0 spiro atoms. The molecule has 0 unspecified atom stereocenters. The fraction of sp³-hybridized carbons (Fsp3) is 0.316. The van der Waals surface area contributed by atoms with Gasteiger partial charge in [-0.2, -0.15) is 0 Å². The molecule has 1 aliphatic rings. The molecule has 1 N–H and O–H groups in total. The van der Waals surface area contributed by atoms with E-state index in [-0.39, 0.29) is 17.1 Å². The largest absolute Gasteiger partial charge is 0.355 e. The van der Waals surface area contributed by atoms with Crippen LogP contribution in [0.15, 0.2) is 54.6 Å². The minimum absolute atomic E-state index is 0.118. The second-order valence-electron chi connectivity index (χ2n) is 5.93. The highest BCUT2D eigenvalue weighted by Gasteiger charge is 2.45. The highest BCUT2D eigenvalue weighted by Crippen LogP contribution is 2.43. The van der Waals surface area contributed by atoms with Crippen LogP contribution in [0.4, 0.5) is 4.39 Å². The van der Waals surface area contributed by atoms with Crippen LogP contribution >= 0.6 is 0 Å². The molecular formula is C19H20FNO. The average Bonchev–Trinajstić information content (AvgIpc) is 2.49. The van der Waals surface area contributed by atoms with Gasteiger partial charge < -0.3 is 5.32 Å². The molecule has 1 saturated carbocycles. The van der Waals surface area contributed by atoms with Crippen molar-refractivity contribution in [3.8, 4) is 0 Å². The third-order valence-electron chi connectivity index (χ3n) is 4.58. The lowest BCUT2D eigenvalue weighted by molar-refractivity contribution is -0.129. The van der Waals surface area contributed by atoms with E-state index >= 15 is 0 Å². The first-order valence-corrected chi connectivity index (χ1v) is 7.79. The maximum absolute atomic E-state index is 12.9. The number of nitrogens with one attached hydrogen (secondary N) is 1. The molecule has 0 radical (unpaired) electrons. The lowest BCUT2D eigenvalue weighted by atomic mass is 9.64. The topological polar surface area (TPSA) is 29.1 Å². The van der Waals surface area contributed by atoms with Gasteiger partial charge >= 0.3 is 0 Å². The summed E-state index contributed by atoms with van der Waals surface area (Å²) in [5.74, 6) is -0.114. The average molecular weight is 297 g/mol. The maximum Gasteiger partial charge on any atom is 0.230 e. The van der Waals surface area contributed by atoms with Crippen molar-refractivity contribution in [3.05, 3.63) is 71.5 Å². The van der Waals surface area contributed by atoms with Gasteiger partial charge in [0.05, 0.1) is 5.41 Å². The SMILES string of the molecule is O=C(NCCc1ccc(F)cc1)C1(c2ccccc2)CCC1. The van der Waals surface area contributed by atoms with Crippen molar-refractivity contribution in [1.29, 1.82) is 0 Å². The molecule has 2 aromatic carbocycles. The predicted molar refractivity (Wildman–Crippen MR) is 85.1 cm³/mol. The molecular weight excluding hydrogens is 277 g/mol. The van der Waals surface area contributed by atoms with E-state index in [1.807, 2.05) is 30.3 Å². The molecule has 0 atom stereocenters. The summed E-state index contributed by atoms with van der Waals surface area (Å²) in [4.78, 5) is 12.6. The highest BCUT2D eigenvalue weighted by atomic mass is 19.1. The summed E-state index contributed by atoms with van der Waals surface area (Å²) in [7, 11) is 0. The van der Waals surface area contributed by atoms with Gasteiger partial charge in [-0.15, -0.1) is 0 Å². The molecule has 1 fully saturated rings. The number of halogens is 1. The molecule has 22 heavy (non-hydrogen) atoms. The standard InChI is InChI=1S/C19H20FNO/c20-17-9-7-15(8-10-17)11-14-21-18(22)19(12-4-13-19)16-5-2-1-3-6-16/h1-3,5-10H,4,11-14H2,(H,21,22). The second-order valence-corrected chi connectivity index (χ2v) is 5.93. The van der Waals surface area contributed by atoms with Crippen molar-refractivity contribution in [3.63, 3.8) is 0 Å². The number of carbonyl (C=O) groups is 1. The van der Waals surface area contributed by atoms with E-state index in [2.05, 4.69) is 5.32 Å². The number of carbonyl (C=O) groups excluding carboxylic acids is 1. The summed E-state index contributed by atoms with van der Waals surface area (Å²) in [6, 6.07) is 16.5. The first-order chi connectivity index (χ1) is 10.7. The molecule has 3 heteroatoms. The van der Waals surface area contributed by atoms with Crippen LogP contribution in [0.5, 0.6) is 0 Å². The number of hydrogen-bond donors (Lipinski definition) is 1. The fourth-order valence-corrected chi connectivity index (χ4v) is 3.07. The van der Waals surface area contributed by atoms with Crippen LogP contribution in [0.25, 0.3) is 0 Å². The normalized spacial score (nSPS) is 15.9. The van der Waals surface area contributed by atoms with Gasteiger partial charge in [0.15, 0.2) is 0 Å². The third-order valence-corrected chi connectivity index (χ3v) is 4.58. The molecule has 0 bridgehead atoms. The summed E-state index contributed by atoms with van der Waals surface area (Å²) in [6.07, 6.45) is 3.65. The van der Waals surface area contributed by atoms with Crippen molar-refractivity contribution in [1.82, 2.24) is 5.32 Å². The molecule has 0 aliphatic heterocycles. The quantitative estimate of drug-likeness (QED) is 0.897. The molecule has 2 nitrogen and oxygen atoms in total. The van der Waals surface area contributed by atoms with Gasteiger partial charge in [0.25, 0.3) is 0 Å². The number of amides is 1. The zero-order chi connectivity index (χ0) is 15.4. The third kappa shape index (κ3) is 2.89. The van der Waals surface area contributed by atoms with E-state index in [1.54, 1.807) is 12.1 Å². The van der Waals surface area contributed by atoms with Gasteiger partial charge in [0.2, 0.25) is 5.91 Å². The van der Waals surface area contributed by atoms with Crippen molar-refractivity contribution in [2.45, 2.75) is 31.1 Å². The van der Waals surface area contributed by atoms with Crippen LogP contribution in [-0.2, 0) is 16.6 Å². The fourth-order valence-electron chi connectivity index (χ4n) is 3.07. The molecule has 1 aliphatic carbocycles. The lowest BCUT2D eigenvalue weighted by Crippen LogP contribution is -2.49. The van der Waals surface area contributed by atoms with E-state index < -0.39 is 0 Å². The monoisotopic (exact) mass is 297 g/mol. The Hall–Kier alpha value is -2.16. The second kappa shape index (κ2) is 6.30. The predicted octanol–water partition coefficient (Wildman–Crippen LogP) is 3.61. The summed E-state index contributed by atoms with van der Waals surface area (Å²) in [5, 5.41) is 3.05. The molecule has 1 amide bonds. The van der Waals surface area contributed by atoms with E-state index in [9.17, 15) is 9.18 Å². The van der Waals surface area contributed by atoms with Gasteiger partial charge in [0, 0.05) is 6.54 Å². The zero-order valence-electron chi connectivity index (χ0n) is 12.5. The van der Waals surface area contributed by atoms with Crippen LogP contribution in [-0.4, -0.2) is 12.5 Å². The molecule has 0 aromatic heterocycles. The van der Waals surface area contributed by atoms with Gasteiger partial charge in [-0.05, 0) is 42.5 Å². The minimum Gasteiger partial charge on any atom is -0.355 e. The summed E-state index contributed by atoms with van der Waals surface area (Å²) < 4.78 is 12.9. The Morgan fingerprint density at radius 3 is 2.32 bits per heavy atom. The Kier molecular flexibility index (Phi) is 4.23. The first-order valence-electron chi connectivity index (χ1n) is 7.79. The van der Waals surface area contributed by atoms with Gasteiger partial charge in [-0.1, -0.05) is 48.9 Å². The van der Waals surface area contributed by atoms with E-state index in [0.29, 0.717) is 6.54 Å². The molecule has 3 rings (SSSR count). The first kappa shape index (κ1) is 14.8.